The molecule has 0 amide bonds. The van der Waals surface area contributed by atoms with Gasteiger partial charge in [-0.3, -0.25) is 4.99 Å². The summed E-state index contributed by atoms with van der Waals surface area (Å²) in [5, 5.41) is 6.82. The fourth-order valence-corrected chi connectivity index (χ4v) is 3.98. The predicted octanol–water partition coefficient (Wildman–Crippen LogP) is 3.84. The van der Waals surface area contributed by atoms with Crippen molar-refractivity contribution in [3.63, 3.8) is 0 Å². The van der Waals surface area contributed by atoms with E-state index in [1.807, 2.05) is 35.3 Å². The maximum Gasteiger partial charge on any atom is 0.195 e. The van der Waals surface area contributed by atoms with Gasteiger partial charge in [-0.1, -0.05) is 19.3 Å². The van der Waals surface area contributed by atoms with Crippen LogP contribution in [-0.2, 0) is 11.3 Å². The lowest BCUT2D eigenvalue weighted by molar-refractivity contribution is 0.0281. The molecule has 1 aromatic heterocycles. The summed E-state index contributed by atoms with van der Waals surface area (Å²) in [5.74, 6) is 2.31. The quantitative estimate of drug-likeness (QED) is 0.350. The van der Waals surface area contributed by atoms with Crippen molar-refractivity contribution in [1.82, 2.24) is 14.9 Å². The number of aliphatic imine (C=N–C) groups is 1. The van der Waals surface area contributed by atoms with E-state index in [1.165, 1.54) is 32.1 Å². The molecule has 0 spiro atoms. The minimum absolute atomic E-state index is 0.445. The predicted molar refractivity (Wildman–Crippen MR) is 126 cm³/mol. The number of ether oxygens (including phenoxy) is 3. The van der Waals surface area contributed by atoms with Gasteiger partial charge in [0.1, 0.15) is 0 Å². The number of benzene rings is 1. The third-order valence-electron chi connectivity index (χ3n) is 5.71. The van der Waals surface area contributed by atoms with Gasteiger partial charge in [0.05, 0.1) is 25.6 Å². The number of fused-ring (bicyclic) bond motifs is 1. The number of guanidine groups is 1. The molecule has 174 valence electrons. The summed E-state index contributed by atoms with van der Waals surface area (Å²) in [7, 11) is 0. The average Bonchev–Trinajstić information content (AvgIpc) is 3.23. The molecule has 4 rings (SSSR count). The molecule has 2 N–H and O–H groups in total. The third-order valence-corrected chi connectivity index (χ3v) is 5.71. The highest BCUT2D eigenvalue weighted by Gasteiger charge is 2.13. The van der Waals surface area contributed by atoms with Gasteiger partial charge in [0.25, 0.3) is 0 Å². The molecule has 0 atom stereocenters. The van der Waals surface area contributed by atoms with Gasteiger partial charge >= 0.3 is 0 Å². The lowest BCUT2D eigenvalue weighted by atomic mass is 9.98. The van der Waals surface area contributed by atoms with Crippen LogP contribution < -0.4 is 20.1 Å². The maximum absolute atomic E-state index is 6.04. The Bertz CT molecular complexity index is 834. The number of nitrogens with zero attached hydrogens (tertiary/aromatic N) is 3. The standard InChI is InChI=1S/C24H35N5O3/c1-2-6-21(7-3-1)30-15-4-10-26-24(27-12-14-29-13-11-25-19-29)28-20-8-9-22-23(18-20)32-17-5-16-31-22/h8-9,11,13,18-19,21H,1-7,10,12,14-17H2,(H2,26,27,28). The van der Waals surface area contributed by atoms with E-state index in [0.29, 0.717) is 25.9 Å². The first-order chi connectivity index (χ1) is 15.9. The van der Waals surface area contributed by atoms with Gasteiger partial charge in [0.2, 0.25) is 0 Å². The van der Waals surface area contributed by atoms with E-state index >= 15 is 0 Å². The number of aromatic nitrogens is 2. The van der Waals surface area contributed by atoms with E-state index in [0.717, 1.165) is 55.7 Å². The Morgan fingerprint density at radius 3 is 2.84 bits per heavy atom. The Morgan fingerprint density at radius 2 is 2.00 bits per heavy atom. The molecule has 8 heteroatoms. The third kappa shape index (κ3) is 7.15. The van der Waals surface area contributed by atoms with Gasteiger partial charge in [-0.15, -0.1) is 0 Å². The highest BCUT2D eigenvalue weighted by Crippen LogP contribution is 2.32. The largest absolute Gasteiger partial charge is 0.490 e. The molecule has 1 fully saturated rings. The van der Waals surface area contributed by atoms with Gasteiger partial charge in [0.15, 0.2) is 17.5 Å². The molecule has 0 saturated heterocycles. The van der Waals surface area contributed by atoms with E-state index in [4.69, 9.17) is 19.2 Å². The number of rotatable bonds is 9. The molecule has 8 nitrogen and oxygen atoms in total. The smallest absolute Gasteiger partial charge is 0.195 e. The number of anilines is 1. The molecule has 0 bridgehead atoms. The first-order valence-corrected chi connectivity index (χ1v) is 11.9. The summed E-state index contributed by atoms with van der Waals surface area (Å²) in [5.41, 5.74) is 0.918. The fraction of sp³-hybridized carbons (Fsp3) is 0.583. The zero-order chi connectivity index (χ0) is 21.8. The van der Waals surface area contributed by atoms with Crippen molar-refractivity contribution in [2.45, 2.75) is 57.6 Å². The van der Waals surface area contributed by atoms with Crippen molar-refractivity contribution in [2.75, 3.05) is 38.2 Å². The van der Waals surface area contributed by atoms with Crippen molar-refractivity contribution in [3.05, 3.63) is 36.9 Å². The molecule has 2 heterocycles. The van der Waals surface area contributed by atoms with Crippen LogP contribution in [-0.4, -0.2) is 54.5 Å². The van der Waals surface area contributed by atoms with Crippen LogP contribution in [0.15, 0.2) is 41.9 Å². The summed E-state index contributed by atoms with van der Waals surface area (Å²) >= 11 is 0. The highest BCUT2D eigenvalue weighted by molar-refractivity contribution is 5.93. The number of hydrogen-bond acceptors (Lipinski definition) is 5. The SMILES string of the molecule is c1cn(CCNC(=NCCCOC2CCCCC2)Nc2ccc3c(c2)OCCCO3)cn1. The Morgan fingerprint density at radius 1 is 1.12 bits per heavy atom. The van der Waals surface area contributed by atoms with E-state index in [-0.39, 0.29) is 0 Å². The van der Waals surface area contributed by atoms with Crippen LogP contribution in [0.1, 0.15) is 44.9 Å². The molecule has 1 saturated carbocycles. The highest BCUT2D eigenvalue weighted by atomic mass is 16.5. The second kappa shape index (κ2) is 12.3. The summed E-state index contributed by atoms with van der Waals surface area (Å²) in [6, 6.07) is 5.91. The van der Waals surface area contributed by atoms with Crippen LogP contribution in [0, 0.1) is 0 Å². The van der Waals surface area contributed by atoms with E-state index in [2.05, 4.69) is 15.6 Å². The molecule has 2 aromatic rings. The van der Waals surface area contributed by atoms with Crippen molar-refractivity contribution in [1.29, 1.82) is 0 Å². The molecule has 1 aliphatic carbocycles. The fourth-order valence-electron chi connectivity index (χ4n) is 3.98. The van der Waals surface area contributed by atoms with Crippen molar-refractivity contribution in [3.8, 4) is 11.5 Å². The molecule has 0 unspecified atom stereocenters. The first-order valence-electron chi connectivity index (χ1n) is 11.9. The first kappa shape index (κ1) is 22.5. The zero-order valence-electron chi connectivity index (χ0n) is 18.8. The maximum atomic E-state index is 6.04. The van der Waals surface area contributed by atoms with E-state index in [9.17, 15) is 0 Å². The molecular formula is C24H35N5O3. The Labute approximate surface area is 190 Å². The second-order valence-electron chi connectivity index (χ2n) is 8.28. The topological polar surface area (TPSA) is 81.9 Å². The summed E-state index contributed by atoms with van der Waals surface area (Å²) in [6.07, 6.45) is 14.2. The van der Waals surface area contributed by atoms with Crippen molar-refractivity contribution in [2.24, 2.45) is 4.99 Å². The zero-order valence-corrected chi connectivity index (χ0v) is 18.8. The molecule has 0 radical (unpaired) electrons. The number of nitrogens with one attached hydrogen (secondary N) is 2. The lowest BCUT2D eigenvalue weighted by Crippen LogP contribution is -2.33. The molecule has 1 aliphatic heterocycles. The van der Waals surface area contributed by atoms with Crippen LogP contribution in [0.3, 0.4) is 0 Å². The van der Waals surface area contributed by atoms with Gasteiger partial charge in [-0.05, 0) is 31.4 Å². The molecule has 1 aromatic carbocycles. The van der Waals surface area contributed by atoms with Crippen LogP contribution in [0.4, 0.5) is 5.69 Å². The summed E-state index contributed by atoms with van der Waals surface area (Å²) < 4.78 is 19.6. The normalized spacial score (nSPS) is 17.1. The Balaban J connectivity index is 1.31. The molecule has 32 heavy (non-hydrogen) atoms. The van der Waals surface area contributed by atoms with Crippen molar-refractivity contribution >= 4 is 11.6 Å². The minimum Gasteiger partial charge on any atom is -0.490 e. The van der Waals surface area contributed by atoms with Crippen LogP contribution in [0.25, 0.3) is 0 Å². The van der Waals surface area contributed by atoms with Crippen LogP contribution in [0.2, 0.25) is 0 Å². The van der Waals surface area contributed by atoms with Gasteiger partial charge < -0.3 is 29.4 Å². The Hall–Kier alpha value is -2.74. The van der Waals surface area contributed by atoms with E-state index in [1.54, 1.807) is 6.20 Å². The summed E-state index contributed by atoms with van der Waals surface area (Å²) in [6.45, 7) is 4.38. The van der Waals surface area contributed by atoms with Gasteiger partial charge in [-0.25, -0.2) is 4.98 Å². The number of hydrogen-bond donors (Lipinski definition) is 2. The van der Waals surface area contributed by atoms with E-state index < -0.39 is 0 Å². The van der Waals surface area contributed by atoms with Crippen molar-refractivity contribution < 1.29 is 14.2 Å². The number of imidazole rings is 1. The van der Waals surface area contributed by atoms with Crippen LogP contribution in [0.5, 0.6) is 11.5 Å². The van der Waals surface area contributed by atoms with Gasteiger partial charge in [0, 0.05) is 56.8 Å². The molecule has 2 aliphatic rings. The monoisotopic (exact) mass is 441 g/mol. The second-order valence-corrected chi connectivity index (χ2v) is 8.28. The lowest BCUT2D eigenvalue weighted by Gasteiger charge is -2.21. The average molecular weight is 442 g/mol. The van der Waals surface area contributed by atoms with Crippen LogP contribution >= 0.6 is 0 Å². The summed E-state index contributed by atoms with van der Waals surface area (Å²) in [4.78, 5) is 8.86. The molecular weight excluding hydrogens is 406 g/mol. The minimum atomic E-state index is 0.445. The van der Waals surface area contributed by atoms with Gasteiger partial charge in [-0.2, -0.15) is 0 Å². The Kier molecular flexibility index (Phi) is 8.66.